The maximum atomic E-state index is 6.18. The Morgan fingerprint density at radius 1 is 1.03 bits per heavy atom. The Hall–Kier alpha value is -3.44. The summed E-state index contributed by atoms with van der Waals surface area (Å²) in [6.45, 7) is 6.10. The van der Waals surface area contributed by atoms with E-state index in [4.69, 9.17) is 27.3 Å². The number of hydrogen-bond acceptors (Lipinski definition) is 4. The van der Waals surface area contributed by atoms with Gasteiger partial charge in [-0.15, -0.1) is 11.6 Å². The van der Waals surface area contributed by atoms with Gasteiger partial charge in [-0.05, 0) is 54.0 Å². The lowest BCUT2D eigenvalue weighted by atomic mass is 9.92. The molecular weight excluding hydrogens is 406 g/mol. The summed E-state index contributed by atoms with van der Waals surface area (Å²) in [4.78, 5) is 13.9. The predicted molar refractivity (Wildman–Crippen MR) is 129 cm³/mol. The number of halogens is 1. The number of rotatable bonds is 4. The topological polar surface area (TPSA) is 69.6 Å². The normalized spacial score (nSPS) is 12.5. The first kappa shape index (κ1) is 20.8. The van der Waals surface area contributed by atoms with Crippen molar-refractivity contribution < 1.29 is 0 Å². The fraction of sp³-hybridized carbons (Fsp3) is 0.160. The highest BCUT2D eigenvalue weighted by Crippen LogP contribution is 2.34. The van der Waals surface area contributed by atoms with Crippen LogP contribution in [-0.2, 0) is 5.88 Å². The van der Waals surface area contributed by atoms with Crippen LogP contribution < -0.4 is 5.73 Å². The average molecular weight is 430 g/mol. The number of alkyl halides is 1. The Kier molecular flexibility index (Phi) is 5.87. The van der Waals surface area contributed by atoms with Crippen molar-refractivity contribution in [2.75, 3.05) is 5.73 Å². The van der Waals surface area contributed by atoms with E-state index >= 15 is 0 Å². The van der Waals surface area contributed by atoms with Gasteiger partial charge in [0.2, 0.25) is 0 Å². The van der Waals surface area contributed by atoms with E-state index in [1.807, 2.05) is 61.0 Å². The number of fused-ring (bicyclic) bond motifs is 1. The minimum atomic E-state index is 0.433. The molecule has 0 saturated carbocycles. The molecule has 0 amide bonds. The first-order valence-corrected chi connectivity index (χ1v) is 10.8. The zero-order valence-electron chi connectivity index (χ0n) is 17.8. The van der Waals surface area contributed by atoms with E-state index in [0.29, 0.717) is 17.5 Å². The van der Waals surface area contributed by atoms with Crippen LogP contribution in [0.1, 0.15) is 31.9 Å². The summed E-state index contributed by atoms with van der Waals surface area (Å²) < 4.78 is 2.02. The van der Waals surface area contributed by atoms with Crippen molar-refractivity contribution in [1.29, 1.82) is 0 Å². The summed E-state index contributed by atoms with van der Waals surface area (Å²) in [5, 5.41) is 0. The molecule has 6 heteroatoms. The molecule has 0 fully saturated rings. The third-order valence-electron chi connectivity index (χ3n) is 5.16. The van der Waals surface area contributed by atoms with E-state index in [-0.39, 0.29) is 0 Å². The molecule has 1 aliphatic carbocycles. The number of benzene rings is 1. The van der Waals surface area contributed by atoms with Gasteiger partial charge in [-0.1, -0.05) is 38.1 Å². The number of nitrogens with two attached hydrogens (primary N) is 1. The molecule has 0 radical (unpaired) electrons. The quantitative estimate of drug-likeness (QED) is 0.393. The van der Waals surface area contributed by atoms with Crippen LogP contribution >= 0.6 is 11.6 Å². The molecule has 4 aromatic rings. The van der Waals surface area contributed by atoms with Crippen LogP contribution in [0.25, 0.3) is 33.8 Å². The standard InChI is InChI=1S/C23H18ClN5.C2H6/c1-14-4-9-18(14)16-11-20-23(27-13-16)29(17-7-5-15(12-24)6-8-17)22(28-20)19-3-2-10-26-21(19)25;1-2/h2-11,13H,12H2,1H3,(H2,25,26);1-2H3. The molecule has 0 unspecified atom stereocenters. The lowest BCUT2D eigenvalue weighted by molar-refractivity contribution is 1.07. The summed E-state index contributed by atoms with van der Waals surface area (Å²) in [7, 11) is 0. The van der Waals surface area contributed by atoms with Gasteiger partial charge in [0.05, 0.1) is 5.56 Å². The monoisotopic (exact) mass is 429 g/mol. The number of aromatic nitrogens is 4. The maximum absolute atomic E-state index is 6.18. The molecule has 0 spiro atoms. The van der Waals surface area contributed by atoms with E-state index in [2.05, 4.69) is 30.1 Å². The summed E-state index contributed by atoms with van der Waals surface area (Å²) in [6.07, 6.45) is 7.76. The van der Waals surface area contributed by atoms with Crippen molar-refractivity contribution in [3.8, 4) is 17.1 Å². The van der Waals surface area contributed by atoms with Gasteiger partial charge in [-0.2, -0.15) is 0 Å². The largest absolute Gasteiger partial charge is 0.383 e. The van der Waals surface area contributed by atoms with Crippen LogP contribution in [0, 0.1) is 0 Å². The van der Waals surface area contributed by atoms with Gasteiger partial charge in [0.15, 0.2) is 11.5 Å². The number of allylic oxidation sites excluding steroid dienone is 4. The van der Waals surface area contributed by atoms with E-state index in [1.54, 1.807) is 6.20 Å². The van der Waals surface area contributed by atoms with Gasteiger partial charge in [0.25, 0.3) is 0 Å². The number of pyridine rings is 2. The van der Waals surface area contributed by atoms with Crippen LogP contribution in [0.5, 0.6) is 0 Å². The molecular formula is C25H24ClN5. The van der Waals surface area contributed by atoms with E-state index in [9.17, 15) is 0 Å². The Morgan fingerprint density at radius 2 is 1.81 bits per heavy atom. The Morgan fingerprint density at radius 3 is 2.42 bits per heavy atom. The molecule has 3 aromatic heterocycles. The van der Waals surface area contributed by atoms with Crippen molar-refractivity contribution >= 4 is 34.2 Å². The zero-order chi connectivity index (χ0) is 22.0. The van der Waals surface area contributed by atoms with E-state index < -0.39 is 0 Å². The fourth-order valence-electron chi connectivity index (χ4n) is 3.54. The summed E-state index contributed by atoms with van der Waals surface area (Å²) >= 11 is 5.96. The lowest BCUT2D eigenvalue weighted by Gasteiger charge is -2.14. The number of nitrogen functional groups attached to an aromatic ring is 1. The van der Waals surface area contributed by atoms with Crippen LogP contribution in [-0.4, -0.2) is 19.5 Å². The van der Waals surface area contributed by atoms with Crippen LogP contribution in [0.15, 0.2) is 72.6 Å². The molecule has 5 rings (SSSR count). The van der Waals surface area contributed by atoms with Gasteiger partial charge in [-0.3, -0.25) is 4.57 Å². The number of imidazole rings is 1. The summed E-state index contributed by atoms with van der Waals surface area (Å²) in [5.41, 5.74) is 14.0. The first-order valence-electron chi connectivity index (χ1n) is 10.3. The fourth-order valence-corrected chi connectivity index (χ4v) is 3.71. The molecule has 5 nitrogen and oxygen atoms in total. The van der Waals surface area contributed by atoms with Gasteiger partial charge in [0.1, 0.15) is 11.3 Å². The molecule has 0 atom stereocenters. The Labute approximate surface area is 186 Å². The second-order valence-corrected chi connectivity index (χ2v) is 7.27. The Bertz CT molecular complexity index is 1300. The third-order valence-corrected chi connectivity index (χ3v) is 5.47. The number of anilines is 1. The highest BCUT2D eigenvalue weighted by atomic mass is 35.5. The minimum absolute atomic E-state index is 0.433. The average Bonchev–Trinajstić information content (AvgIpc) is 3.18. The zero-order valence-corrected chi connectivity index (χ0v) is 18.6. The SMILES string of the molecule is CC.CC1=CC=C1c1cnc2c(c1)nc(-c1cccnc1N)n2-c1ccc(CCl)cc1. The van der Waals surface area contributed by atoms with Gasteiger partial charge < -0.3 is 5.73 Å². The highest BCUT2D eigenvalue weighted by molar-refractivity contribution is 6.17. The number of nitrogens with zero attached hydrogens (tertiary/aromatic N) is 4. The predicted octanol–water partition coefficient (Wildman–Crippen LogP) is 6.17. The lowest BCUT2D eigenvalue weighted by Crippen LogP contribution is -2.02. The molecule has 1 aromatic carbocycles. The van der Waals surface area contributed by atoms with Gasteiger partial charge in [-0.25, -0.2) is 15.0 Å². The summed E-state index contributed by atoms with van der Waals surface area (Å²) in [6, 6.07) is 13.9. The minimum Gasteiger partial charge on any atom is -0.383 e. The van der Waals surface area contributed by atoms with Crippen molar-refractivity contribution in [3.63, 3.8) is 0 Å². The molecule has 2 N–H and O–H groups in total. The van der Waals surface area contributed by atoms with Crippen LogP contribution in [0.4, 0.5) is 5.82 Å². The second kappa shape index (κ2) is 8.74. The summed E-state index contributed by atoms with van der Waals surface area (Å²) in [5.74, 6) is 1.61. The van der Waals surface area contributed by atoms with Crippen molar-refractivity contribution in [3.05, 3.63) is 83.7 Å². The van der Waals surface area contributed by atoms with Gasteiger partial charge >= 0.3 is 0 Å². The maximum Gasteiger partial charge on any atom is 0.164 e. The van der Waals surface area contributed by atoms with Crippen LogP contribution in [0.3, 0.4) is 0 Å². The first-order chi connectivity index (χ1) is 15.2. The van der Waals surface area contributed by atoms with Crippen molar-refractivity contribution in [2.45, 2.75) is 26.7 Å². The molecule has 0 bridgehead atoms. The molecule has 0 aliphatic heterocycles. The molecule has 1 aliphatic rings. The Balaban J connectivity index is 0.00000112. The smallest absolute Gasteiger partial charge is 0.164 e. The molecule has 31 heavy (non-hydrogen) atoms. The highest BCUT2D eigenvalue weighted by Gasteiger charge is 2.19. The molecule has 0 saturated heterocycles. The van der Waals surface area contributed by atoms with Crippen molar-refractivity contribution in [2.24, 2.45) is 0 Å². The third kappa shape index (κ3) is 3.73. The van der Waals surface area contributed by atoms with Crippen LogP contribution in [0.2, 0.25) is 0 Å². The van der Waals surface area contributed by atoms with E-state index in [1.165, 1.54) is 11.1 Å². The van der Waals surface area contributed by atoms with Crippen molar-refractivity contribution in [1.82, 2.24) is 19.5 Å². The van der Waals surface area contributed by atoms with Gasteiger partial charge in [0, 0.05) is 29.5 Å². The second-order valence-electron chi connectivity index (χ2n) is 7.00. The number of hydrogen-bond donors (Lipinski definition) is 1. The van der Waals surface area contributed by atoms with E-state index in [0.717, 1.165) is 33.5 Å². The molecule has 156 valence electrons. The molecule has 3 heterocycles.